The second-order valence-corrected chi connectivity index (χ2v) is 6.73. The largest absolute Gasteiger partial charge is 0.497 e. The molecule has 1 aromatic carbocycles. The van der Waals surface area contributed by atoms with Crippen molar-refractivity contribution in [1.29, 1.82) is 10.5 Å². The van der Waals surface area contributed by atoms with Crippen LogP contribution in [0.25, 0.3) is 0 Å². The number of H-pyrrole nitrogens is 1. The third-order valence-corrected chi connectivity index (χ3v) is 4.96. The molecule has 0 saturated heterocycles. The van der Waals surface area contributed by atoms with Crippen LogP contribution in [0.15, 0.2) is 29.3 Å². The van der Waals surface area contributed by atoms with Crippen LogP contribution in [0, 0.1) is 22.7 Å². The zero-order valence-electron chi connectivity index (χ0n) is 15.7. The number of thioether (sulfide) groups is 1. The maximum Gasteiger partial charge on any atom is 0.289 e. The summed E-state index contributed by atoms with van der Waals surface area (Å²) in [6.45, 7) is 1.84. The highest BCUT2D eigenvalue weighted by atomic mass is 32.2. The summed E-state index contributed by atoms with van der Waals surface area (Å²) in [4.78, 5) is 15.2. The second kappa shape index (κ2) is 9.49. The Morgan fingerprint density at radius 1 is 1.25 bits per heavy atom. The van der Waals surface area contributed by atoms with Gasteiger partial charge in [-0.25, -0.2) is 4.98 Å². The summed E-state index contributed by atoms with van der Waals surface area (Å²) in [7, 11) is 3.13. The van der Waals surface area contributed by atoms with Crippen molar-refractivity contribution in [3.63, 3.8) is 0 Å². The summed E-state index contributed by atoms with van der Waals surface area (Å²) in [5.74, 6) is 1.28. The standard InChI is InChI=1S/C19H19N5O3S/c1-11(15-7-14(26-2)4-5-16(15)27-3)23-17(25)10-28-19-13(9-21)6-12(8-20)18(22)24-19/h4-7,11H,10H2,1-3H3,(H2,22,24)(H,23,25)/p+1/t11-/m0/s1. The molecule has 0 radical (unpaired) electrons. The lowest BCUT2D eigenvalue weighted by Crippen LogP contribution is -2.29. The van der Waals surface area contributed by atoms with Crippen molar-refractivity contribution in [2.24, 2.45) is 0 Å². The Hall–Kier alpha value is -3.43. The van der Waals surface area contributed by atoms with E-state index in [0.717, 1.165) is 17.3 Å². The van der Waals surface area contributed by atoms with Crippen molar-refractivity contribution in [2.45, 2.75) is 18.0 Å². The highest BCUT2D eigenvalue weighted by Crippen LogP contribution is 2.29. The van der Waals surface area contributed by atoms with Gasteiger partial charge in [0.25, 0.3) is 5.82 Å². The molecule has 1 amide bonds. The predicted octanol–water partition coefficient (Wildman–Crippen LogP) is 1.81. The molecule has 9 heteroatoms. The molecule has 4 N–H and O–H groups in total. The van der Waals surface area contributed by atoms with Gasteiger partial charge in [0.1, 0.15) is 34.8 Å². The van der Waals surface area contributed by atoms with Crippen molar-refractivity contribution in [1.82, 2.24) is 5.32 Å². The molecule has 2 aromatic rings. The number of anilines is 1. The molecule has 1 atom stereocenters. The van der Waals surface area contributed by atoms with Gasteiger partial charge in [-0.15, -0.1) is 0 Å². The number of amides is 1. The summed E-state index contributed by atoms with van der Waals surface area (Å²) in [5, 5.41) is 21.5. The van der Waals surface area contributed by atoms with Crippen molar-refractivity contribution >= 4 is 23.5 Å². The Labute approximate surface area is 167 Å². The maximum absolute atomic E-state index is 12.4. The molecule has 2 rings (SSSR count). The van der Waals surface area contributed by atoms with Gasteiger partial charge in [-0.1, -0.05) is 11.8 Å². The number of aromatic nitrogens is 1. The van der Waals surface area contributed by atoms with E-state index in [4.69, 9.17) is 20.5 Å². The molecule has 144 valence electrons. The Kier molecular flexibility index (Phi) is 7.08. The number of rotatable bonds is 7. The number of pyridine rings is 1. The maximum atomic E-state index is 12.4. The average Bonchev–Trinajstić information content (AvgIpc) is 2.71. The molecule has 0 aliphatic rings. The molecule has 1 aromatic heterocycles. The van der Waals surface area contributed by atoms with E-state index in [1.165, 1.54) is 6.07 Å². The van der Waals surface area contributed by atoms with Gasteiger partial charge in [-0.3, -0.25) is 10.5 Å². The van der Waals surface area contributed by atoms with Crippen LogP contribution < -0.4 is 25.5 Å². The Balaban J connectivity index is 2.09. The van der Waals surface area contributed by atoms with Gasteiger partial charge >= 0.3 is 0 Å². The molecule has 0 bridgehead atoms. The summed E-state index contributed by atoms with van der Waals surface area (Å²) in [6.07, 6.45) is 0. The molecule has 0 spiro atoms. The van der Waals surface area contributed by atoms with Gasteiger partial charge < -0.3 is 14.8 Å². The number of benzene rings is 1. The second-order valence-electron chi connectivity index (χ2n) is 5.75. The molecule has 0 saturated carbocycles. The molecule has 8 nitrogen and oxygen atoms in total. The zero-order valence-corrected chi connectivity index (χ0v) is 16.5. The van der Waals surface area contributed by atoms with E-state index in [-0.39, 0.29) is 34.6 Å². The van der Waals surface area contributed by atoms with Crippen LogP contribution in [-0.4, -0.2) is 25.9 Å². The van der Waals surface area contributed by atoms with Crippen LogP contribution in [0.5, 0.6) is 11.5 Å². The predicted molar refractivity (Wildman–Crippen MR) is 104 cm³/mol. The van der Waals surface area contributed by atoms with E-state index >= 15 is 0 Å². The third-order valence-electron chi connectivity index (χ3n) is 3.94. The van der Waals surface area contributed by atoms with Gasteiger partial charge in [0, 0.05) is 5.56 Å². The zero-order chi connectivity index (χ0) is 20.7. The number of carbonyl (C=O) groups excluding carboxylic acids is 1. The summed E-state index contributed by atoms with van der Waals surface area (Å²) >= 11 is 1.13. The minimum atomic E-state index is -0.316. The summed E-state index contributed by atoms with van der Waals surface area (Å²) < 4.78 is 10.6. The number of nitrogen functional groups attached to an aromatic ring is 1. The number of nitriles is 2. The van der Waals surface area contributed by atoms with E-state index in [1.807, 2.05) is 19.1 Å². The first kappa shape index (κ1) is 20.9. The Morgan fingerprint density at radius 3 is 2.57 bits per heavy atom. The quantitative estimate of drug-likeness (QED) is 0.679. The minimum absolute atomic E-state index is 0.0626. The van der Waals surface area contributed by atoms with Crippen LogP contribution >= 0.6 is 11.8 Å². The minimum Gasteiger partial charge on any atom is -0.497 e. The van der Waals surface area contributed by atoms with Crippen LogP contribution in [0.1, 0.15) is 29.7 Å². The highest BCUT2D eigenvalue weighted by Gasteiger charge is 2.18. The number of aromatic amines is 1. The van der Waals surface area contributed by atoms with Gasteiger partial charge in [-0.2, -0.15) is 10.5 Å². The third kappa shape index (κ3) is 4.84. The molecular formula is C19H20N5O3S+. The molecule has 0 fully saturated rings. The molecular weight excluding hydrogens is 378 g/mol. The fourth-order valence-corrected chi connectivity index (χ4v) is 3.31. The summed E-state index contributed by atoms with van der Waals surface area (Å²) in [6, 6.07) is 10.3. The lowest BCUT2D eigenvalue weighted by Gasteiger charge is -2.18. The van der Waals surface area contributed by atoms with E-state index in [0.29, 0.717) is 16.5 Å². The summed E-state index contributed by atoms with van der Waals surface area (Å²) in [5.41, 5.74) is 6.98. The van der Waals surface area contributed by atoms with E-state index < -0.39 is 0 Å². The van der Waals surface area contributed by atoms with Gasteiger partial charge in [0.2, 0.25) is 5.91 Å². The number of methoxy groups -OCH3 is 2. The van der Waals surface area contributed by atoms with E-state index in [2.05, 4.69) is 10.3 Å². The number of ether oxygens (including phenoxy) is 2. The number of hydrogen-bond acceptors (Lipinski definition) is 7. The molecule has 0 unspecified atom stereocenters. The number of hydrogen-bond donors (Lipinski definition) is 2. The van der Waals surface area contributed by atoms with E-state index in [9.17, 15) is 10.1 Å². The first-order chi connectivity index (χ1) is 13.4. The Morgan fingerprint density at radius 2 is 1.96 bits per heavy atom. The molecule has 0 aliphatic heterocycles. The van der Waals surface area contributed by atoms with Crippen molar-refractivity contribution in [3.05, 3.63) is 41.0 Å². The lowest BCUT2D eigenvalue weighted by molar-refractivity contribution is -0.410. The number of nitrogens with two attached hydrogens (primary N) is 1. The first-order valence-corrected chi connectivity index (χ1v) is 9.22. The van der Waals surface area contributed by atoms with Gasteiger partial charge in [0.15, 0.2) is 5.03 Å². The van der Waals surface area contributed by atoms with Crippen LogP contribution in [0.3, 0.4) is 0 Å². The fraction of sp³-hybridized carbons (Fsp3) is 0.263. The Bertz CT molecular complexity index is 965. The van der Waals surface area contributed by atoms with Gasteiger partial charge in [0.05, 0.1) is 26.0 Å². The highest BCUT2D eigenvalue weighted by molar-refractivity contribution is 7.99. The normalized spacial score (nSPS) is 11.0. The van der Waals surface area contributed by atoms with Crippen molar-refractivity contribution in [2.75, 3.05) is 25.7 Å². The molecule has 0 aliphatic carbocycles. The van der Waals surface area contributed by atoms with Crippen LogP contribution in [-0.2, 0) is 4.79 Å². The number of carbonyl (C=O) groups is 1. The average molecular weight is 398 g/mol. The SMILES string of the molecule is COc1ccc(OC)c([C@H](C)NC(=O)CSc2[nH+]c(N)c(C#N)cc2C#N)c1. The van der Waals surface area contributed by atoms with Gasteiger partial charge in [-0.05, 0) is 31.2 Å². The number of nitrogens with one attached hydrogen (secondary N) is 2. The fourth-order valence-electron chi connectivity index (χ4n) is 2.51. The van der Waals surface area contributed by atoms with Crippen molar-refractivity contribution < 1.29 is 19.3 Å². The van der Waals surface area contributed by atoms with Crippen LogP contribution in [0.4, 0.5) is 5.82 Å². The lowest BCUT2D eigenvalue weighted by atomic mass is 10.1. The number of nitrogens with zero attached hydrogens (tertiary/aromatic N) is 2. The van der Waals surface area contributed by atoms with Crippen LogP contribution in [0.2, 0.25) is 0 Å². The monoisotopic (exact) mass is 398 g/mol. The van der Waals surface area contributed by atoms with E-state index in [1.54, 1.807) is 32.4 Å². The smallest absolute Gasteiger partial charge is 0.289 e. The molecule has 1 heterocycles. The first-order valence-electron chi connectivity index (χ1n) is 8.23. The van der Waals surface area contributed by atoms with Crippen molar-refractivity contribution in [3.8, 4) is 23.6 Å². The topological polar surface area (TPSA) is 135 Å². The molecule has 28 heavy (non-hydrogen) atoms.